The summed E-state index contributed by atoms with van der Waals surface area (Å²) in [6.07, 6.45) is 4.10. The highest BCUT2D eigenvalue weighted by molar-refractivity contribution is 5.95. The SMILES string of the molecule is CCCCNC(=O)CN1CCN(C(=O)c2ccc(OCCCC)c(OC)c2)CC1. The highest BCUT2D eigenvalue weighted by Crippen LogP contribution is 2.29. The maximum absolute atomic E-state index is 12.9. The van der Waals surface area contributed by atoms with E-state index in [1.807, 2.05) is 4.90 Å². The summed E-state index contributed by atoms with van der Waals surface area (Å²) in [4.78, 5) is 28.8. The quantitative estimate of drug-likeness (QED) is 0.573. The fourth-order valence-corrected chi connectivity index (χ4v) is 3.20. The Morgan fingerprint density at radius 3 is 2.41 bits per heavy atom. The molecule has 1 aliphatic heterocycles. The minimum absolute atomic E-state index is 0.0181. The molecule has 0 aromatic heterocycles. The van der Waals surface area contributed by atoms with Crippen molar-refractivity contribution in [1.82, 2.24) is 15.1 Å². The van der Waals surface area contributed by atoms with Gasteiger partial charge in [0, 0.05) is 38.3 Å². The van der Waals surface area contributed by atoms with Gasteiger partial charge in [0.25, 0.3) is 5.91 Å². The highest BCUT2D eigenvalue weighted by atomic mass is 16.5. The molecular formula is C22H35N3O4. The molecule has 1 aliphatic rings. The minimum atomic E-state index is -0.0181. The maximum Gasteiger partial charge on any atom is 0.254 e. The predicted molar refractivity (Wildman–Crippen MR) is 114 cm³/mol. The summed E-state index contributed by atoms with van der Waals surface area (Å²) in [6.45, 7) is 8.58. The molecule has 0 unspecified atom stereocenters. The second kappa shape index (κ2) is 12.3. The molecular weight excluding hydrogens is 370 g/mol. The Bertz CT molecular complexity index is 657. The number of carbonyl (C=O) groups is 2. The first-order valence-corrected chi connectivity index (χ1v) is 10.7. The third kappa shape index (κ3) is 7.24. The lowest BCUT2D eigenvalue weighted by molar-refractivity contribution is -0.122. The van der Waals surface area contributed by atoms with Crippen molar-refractivity contribution in [2.24, 2.45) is 0 Å². The second-order valence-electron chi connectivity index (χ2n) is 7.34. The van der Waals surface area contributed by atoms with E-state index in [0.717, 1.165) is 32.2 Å². The lowest BCUT2D eigenvalue weighted by atomic mass is 10.1. The van der Waals surface area contributed by atoms with E-state index >= 15 is 0 Å². The Balaban J connectivity index is 1.86. The van der Waals surface area contributed by atoms with Crippen molar-refractivity contribution in [2.75, 3.05) is 53.0 Å². The molecule has 7 nitrogen and oxygen atoms in total. The van der Waals surface area contributed by atoms with E-state index in [4.69, 9.17) is 9.47 Å². The molecule has 0 atom stereocenters. The first kappa shape index (κ1) is 23.0. The Morgan fingerprint density at radius 1 is 1.03 bits per heavy atom. The fourth-order valence-electron chi connectivity index (χ4n) is 3.20. The lowest BCUT2D eigenvalue weighted by Gasteiger charge is -2.34. The van der Waals surface area contributed by atoms with E-state index < -0.39 is 0 Å². The smallest absolute Gasteiger partial charge is 0.254 e. The van der Waals surface area contributed by atoms with Crippen LogP contribution in [0.15, 0.2) is 18.2 Å². The molecule has 2 amide bonds. The summed E-state index contributed by atoms with van der Waals surface area (Å²) in [6, 6.07) is 5.34. The average molecular weight is 406 g/mol. The van der Waals surface area contributed by atoms with Crippen LogP contribution in [-0.2, 0) is 4.79 Å². The molecule has 0 radical (unpaired) electrons. The number of unbranched alkanes of at least 4 members (excludes halogenated alkanes) is 2. The third-order valence-corrected chi connectivity index (χ3v) is 5.05. The van der Waals surface area contributed by atoms with E-state index in [1.165, 1.54) is 0 Å². The Morgan fingerprint density at radius 2 is 1.76 bits per heavy atom. The number of hydrogen-bond acceptors (Lipinski definition) is 5. The number of ether oxygens (including phenoxy) is 2. The van der Waals surface area contributed by atoms with Gasteiger partial charge in [-0.15, -0.1) is 0 Å². The van der Waals surface area contributed by atoms with Crippen molar-refractivity contribution >= 4 is 11.8 Å². The average Bonchev–Trinajstić information content (AvgIpc) is 2.74. The largest absolute Gasteiger partial charge is 0.493 e. The number of hydrogen-bond donors (Lipinski definition) is 1. The number of piperazine rings is 1. The van der Waals surface area contributed by atoms with Crippen LogP contribution in [-0.4, -0.2) is 74.6 Å². The van der Waals surface area contributed by atoms with E-state index in [-0.39, 0.29) is 11.8 Å². The zero-order valence-corrected chi connectivity index (χ0v) is 18.0. The summed E-state index contributed by atoms with van der Waals surface area (Å²) in [5.41, 5.74) is 0.593. The first-order valence-electron chi connectivity index (χ1n) is 10.7. The molecule has 0 spiro atoms. The molecule has 1 aromatic carbocycles. The van der Waals surface area contributed by atoms with Crippen molar-refractivity contribution in [3.8, 4) is 11.5 Å². The molecule has 2 rings (SSSR count). The van der Waals surface area contributed by atoms with Crippen LogP contribution in [0.3, 0.4) is 0 Å². The minimum Gasteiger partial charge on any atom is -0.493 e. The molecule has 1 fully saturated rings. The maximum atomic E-state index is 12.9. The summed E-state index contributed by atoms with van der Waals surface area (Å²) in [7, 11) is 1.58. The van der Waals surface area contributed by atoms with Crippen LogP contribution in [0.4, 0.5) is 0 Å². The molecule has 1 aromatic rings. The molecule has 0 saturated carbocycles. The molecule has 7 heteroatoms. The standard InChI is InChI=1S/C22H35N3O4/c1-4-6-10-23-21(26)17-24-11-13-25(14-12-24)22(27)18-8-9-19(20(16-18)28-3)29-15-7-5-2/h8-9,16H,4-7,10-15,17H2,1-3H3,(H,23,26). The van der Waals surface area contributed by atoms with Gasteiger partial charge >= 0.3 is 0 Å². The van der Waals surface area contributed by atoms with Gasteiger partial charge in [-0.05, 0) is 31.0 Å². The van der Waals surface area contributed by atoms with Crippen LogP contribution >= 0.6 is 0 Å². The number of amides is 2. The van der Waals surface area contributed by atoms with Crippen LogP contribution in [0.25, 0.3) is 0 Å². The van der Waals surface area contributed by atoms with Crippen molar-refractivity contribution in [3.63, 3.8) is 0 Å². The number of nitrogens with zero attached hydrogens (tertiary/aromatic N) is 2. The summed E-state index contributed by atoms with van der Waals surface area (Å²) in [5, 5.41) is 2.94. The summed E-state index contributed by atoms with van der Waals surface area (Å²) < 4.78 is 11.1. The van der Waals surface area contributed by atoms with E-state index in [2.05, 4.69) is 24.1 Å². The van der Waals surface area contributed by atoms with Crippen molar-refractivity contribution < 1.29 is 19.1 Å². The third-order valence-electron chi connectivity index (χ3n) is 5.05. The van der Waals surface area contributed by atoms with Crippen molar-refractivity contribution in [1.29, 1.82) is 0 Å². The van der Waals surface area contributed by atoms with Gasteiger partial charge in [0.15, 0.2) is 11.5 Å². The van der Waals surface area contributed by atoms with E-state index in [9.17, 15) is 9.59 Å². The van der Waals surface area contributed by atoms with Gasteiger partial charge in [-0.2, -0.15) is 0 Å². The Kier molecular flexibility index (Phi) is 9.77. The first-order chi connectivity index (χ1) is 14.1. The lowest BCUT2D eigenvalue weighted by Crippen LogP contribution is -2.51. The van der Waals surface area contributed by atoms with Gasteiger partial charge in [-0.1, -0.05) is 26.7 Å². The zero-order valence-electron chi connectivity index (χ0n) is 18.0. The summed E-state index contributed by atoms with van der Waals surface area (Å²) in [5.74, 6) is 1.28. The molecule has 1 heterocycles. The monoisotopic (exact) mass is 405 g/mol. The zero-order chi connectivity index (χ0) is 21.1. The van der Waals surface area contributed by atoms with Crippen LogP contribution in [0.2, 0.25) is 0 Å². The number of rotatable bonds is 11. The molecule has 1 saturated heterocycles. The number of carbonyl (C=O) groups excluding carboxylic acids is 2. The van der Waals surface area contributed by atoms with Gasteiger partial charge < -0.3 is 19.7 Å². The van der Waals surface area contributed by atoms with Gasteiger partial charge in [0.1, 0.15) is 0 Å². The molecule has 0 bridgehead atoms. The normalized spacial score (nSPS) is 14.5. The van der Waals surface area contributed by atoms with Crippen LogP contribution in [0, 0.1) is 0 Å². The molecule has 0 aliphatic carbocycles. The highest BCUT2D eigenvalue weighted by Gasteiger charge is 2.24. The molecule has 162 valence electrons. The van der Waals surface area contributed by atoms with E-state index in [0.29, 0.717) is 56.4 Å². The van der Waals surface area contributed by atoms with E-state index in [1.54, 1.807) is 25.3 Å². The Hall–Kier alpha value is -2.28. The fraction of sp³-hybridized carbons (Fsp3) is 0.636. The van der Waals surface area contributed by atoms with Crippen LogP contribution in [0.1, 0.15) is 49.9 Å². The molecule has 29 heavy (non-hydrogen) atoms. The van der Waals surface area contributed by atoms with Gasteiger partial charge in [0.05, 0.1) is 20.3 Å². The van der Waals surface area contributed by atoms with Crippen molar-refractivity contribution in [3.05, 3.63) is 23.8 Å². The van der Waals surface area contributed by atoms with Crippen LogP contribution in [0.5, 0.6) is 11.5 Å². The number of methoxy groups -OCH3 is 1. The van der Waals surface area contributed by atoms with Gasteiger partial charge in [-0.3, -0.25) is 14.5 Å². The van der Waals surface area contributed by atoms with Gasteiger partial charge in [0.2, 0.25) is 5.91 Å². The summed E-state index contributed by atoms with van der Waals surface area (Å²) >= 11 is 0. The predicted octanol–water partition coefficient (Wildman–Crippen LogP) is 2.55. The second-order valence-corrected chi connectivity index (χ2v) is 7.34. The topological polar surface area (TPSA) is 71.1 Å². The molecule has 1 N–H and O–H groups in total. The number of nitrogens with one attached hydrogen (secondary N) is 1. The number of benzene rings is 1. The van der Waals surface area contributed by atoms with Gasteiger partial charge in [-0.25, -0.2) is 0 Å². The van der Waals surface area contributed by atoms with Crippen LogP contribution < -0.4 is 14.8 Å². The Labute approximate surface area is 174 Å². The van der Waals surface area contributed by atoms with Crippen molar-refractivity contribution in [2.45, 2.75) is 39.5 Å².